The molecule has 1 saturated heterocycles. The summed E-state index contributed by atoms with van der Waals surface area (Å²) in [5.74, 6) is 0.531. The number of amides is 1. The van der Waals surface area contributed by atoms with Crippen molar-refractivity contribution < 1.29 is 9.53 Å². The van der Waals surface area contributed by atoms with E-state index in [1.54, 1.807) is 18.8 Å². The first-order chi connectivity index (χ1) is 10.1. The molecule has 5 nitrogen and oxygen atoms in total. The van der Waals surface area contributed by atoms with Crippen LogP contribution in [0.1, 0.15) is 22.5 Å². The highest BCUT2D eigenvalue weighted by Crippen LogP contribution is 2.43. The van der Waals surface area contributed by atoms with Crippen LogP contribution in [-0.4, -0.2) is 46.0 Å². The maximum atomic E-state index is 11.9. The van der Waals surface area contributed by atoms with Crippen LogP contribution in [0.15, 0.2) is 4.90 Å². The number of carbonyl (C=O) groups excluding carboxylic acids is 1. The molecule has 0 unspecified atom stereocenters. The summed E-state index contributed by atoms with van der Waals surface area (Å²) in [7, 11) is 3.71. The zero-order valence-corrected chi connectivity index (χ0v) is 14.4. The predicted molar refractivity (Wildman–Crippen MR) is 90.7 cm³/mol. The number of nitrogens with zero attached hydrogens (tertiary/aromatic N) is 1. The van der Waals surface area contributed by atoms with Gasteiger partial charge in [0.05, 0.1) is 10.6 Å². The number of nitrogens with one attached hydrogen (secondary N) is 1. The van der Waals surface area contributed by atoms with Crippen molar-refractivity contribution in [3.05, 3.63) is 4.88 Å². The van der Waals surface area contributed by atoms with Gasteiger partial charge in [-0.25, -0.2) is 0 Å². The molecule has 1 aliphatic heterocycles. The van der Waals surface area contributed by atoms with Crippen LogP contribution >= 0.6 is 23.1 Å². The number of rotatable bonds is 5. The number of hydrogen-bond donors (Lipinski definition) is 2. The number of ether oxygens (including phenoxy) is 1. The Morgan fingerprint density at radius 2 is 2.19 bits per heavy atom. The molecule has 1 aromatic heterocycles. The zero-order chi connectivity index (χ0) is 15.4. The third kappa shape index (κ3) is 3.64. The summed E-state index contributed by atoms with van der Waals surface area (Å²) in [4.78, 5) is 15.7. The SMILES string of the molecule is CNC(=O)c1sc(N(C)CC2CCOCC2)c(SC)c1N. The fourth-order valence-electron chi connectivity index (χ4n) is 2.55. The minimum absolute atomic E-state index is 0.112. The highest BCUT2D eigenvalue weighted by Gasteiger charge is 2.24. The first-order valence-corrected chi connectivity index (χ1v) is 9.09. The van der Waals surface area contributed by atoms with E-state index in [2.05, 4.69) is 17.3 Å². The Bertz CT molecular complexity index is 499. The van der Waals surface area contributed by atoms with E-state index in [1.807, 2.05) is 6.26 Å². The van der Waals surface area contributed by atoms with Crippen molar-refractivity contribution in [2.24, 2.45) is 5.92 Å². The molecule has 0 bridgehead atoms. The molecule has 0 aliphatic carbocycles. The monoisotopic (exact) mass is 329 g/mol. The van der Waals surface area contributed by atoms with E-state index in [9.17, 15) is 4.79 Å². The number of thiophene rings is 1. The summed E-state index contributed by atoms with van der Waals surface area (Å²) in [6.07, 6.45) is 4.20. The van der Waals surface area contributed by atoms with Crippen LogP contribution in [0, 0.1) is 5.92 Å². The molecule has 2 rings (SSSR count). The predicted octanol–water partition coefficient (Wildman–Crippen LogP) is 2.27. The summed E-state index contributed by atoms with van der Waals surface area (Å²) >= 11 is 3.08. The van der Waals surface area contributed by atoms with E-state index in [0.29, 0.717) is 16.5 Å². The number of nitrogens with two attached hydrogens (primary N) is 1. The molecular formula is C14H23N3O2S2. The lowest BCUT2D eigenvalue weighted by atomic mass is 10.00. The van der Waals surface area contributed by atoms with Crippen molar-refractivity contribution in [1.82, 2.24) is 5.32 Å². The van der Waals surface area contributed by atoms with Crippen molar-refractivity contribution in [3.63, 3.8) is 0 Å². The largest absolute Gasteiger partial charge is 0.396 e. The molecule has 7 heteroatoms. The third-order valence-electron chi connectivity index (χ3n) is 3.74. The van der Waals surface area contributed by atoms with Crippen LogP contribution in [0.2, 0.25) is 0 Å². The van der Waals surface area contributed by atoms with E-state index in [-0.39, 0.29) is 5.91 Å². The molecule has 1 aromatic rings. The molecule has 1 aliphatic rings. The fourth-order valence-corrected chi connectivity index (χ4v) is 4.67. The second-order valence-corrected chi connectivity index (χ2v) is 7.01. The standard InChI is InChI=1S/C14H23N3O2S2/c1-16-13(18)11-10(15)12(20-3)14(21-11)17(2)8-9-4-6-19-7-5-9/h9H,4-8,15H2,1-3H3,(H,16,18). The Labute approximate surface area is 134 Å². The van der Waals surface area contributed by atoms with Crippen LogP contribution in [0.4, 0.5) is 10.7 Å². The first-order valence-electron chi connectivity index (χ1n) is 7.05. The van der Waals surface area contributed by atoms with Crippen LogP contribution in [0.25, 0.3) is 0 Å². The lowest BCUT2D eigenvalue weighted by Gasteiger charge is -2.28. The van der Waals surface area contributed by atoms with Crippen molar-refractivity contribution in [1.29, 1.82) is 0 Å². The van der Waals surface area contributed by atoms with E-state index in [0.717, 1.165) is 42.5 Å². The average Bonchev–Trinajstić information content (AvgIpc) is 2.84. The molecule has 0 spiro atoms. The molecule has 1 amide bonds. The fraction of sp³-hybridized carbons (Fsp3) is 0.643. The van der Waals surface area contributed by atoms with Gasteiger partial charge in [0.2, 0.25) is 0 Å². The molecule has 2 heterocycles. The Balaban J connectivity index is 2.19. The van der Waals surface area contributed by atoms with Gasteiger partial charge in [-0.15, -0.1) is 23.1 Å². The van der Waals surface area contributed by atoms with Crippen LogP contribution < -0.4 is 16.0 Å². The van der Waals surface area contributed by atoms with Gasteiger partial charge in [-0.2, -0.15) is 0 Å². The van der Waals surface area contributed by atoms with Gasteiger partial charge in [0.15, 0.2) is 0 Å². The number of carbonyl (C=O) groups is 1. The van der Waals surface area contributed by atoms with Gasteiger partial charge in [0, 0.05) is 33.9 Å². The smallest absolute Gasteiger partial charge is 0.263 e. The van der Waals surface area contributed by atoms with Crippen molar-refractivity contribution in [2.45, 2.75) is 17.7 Å². The van der Waals surface area contributed by atoms with Gasteiger partial charge in [-0.3, -0.25) is 4.79 Å². The lowest BCUT2D eigenvalue weighted by molar-refractivity contribution is 0.0685. The van der Waals surface area contributed by atoms with Gasteiger partial charge < -0.3 is 20.7 Å². The molecular weight excluding hydrogens is 306 g/mol. The minimum atomic E-state index is -0.112. The van der Waals surface area contributed by atoms with Crippen LogP contribution in [-0.2, 0) is 4.74 Å². The normalized spacial score (nSPS) is 16.0. The molecule has 0 atom stereocenters. The maximum Gasteiger partial charge on any atom is 0.263 e. The van der Waals surface area contributed by atoms with E-state index in [1.165, 1.54) is 11.3 Å². The van der Waals surface area contributed by atoms with E-state index >= 15 is 0 Å². The van der Waals surface area contributed by atoms with E-state index < -0.39 is 0 Å². The first kappa shape index (κ1) is 16.5. The summed E-state index contributed by atoms with van der Waals surface area (Å²) in [5, 5.41) is 3.74. The van der Waals surface area contributed by atoms with Gasteiger partial charge in [-0.05, 0) is 25.0 Å². The van der Waals surface area contributed by atoms with Crippen molar-refractivity contribution in [3.8, 4) is 0 Å². The quantitative estimate of drug-likeness (QED) is 0.811. The Hall–Kier alpha value is -0.920. The third-order valence-corrected chi connectivity index (χ3v) is 6.01. The summed E-state index contributed by atoms with van der Waals surface area (Å²) in [5.41, 5.74) is 6.74. The number of anilines is 2. The van der Waals surface area contributed by atoms with E-state index in [4.69, 9.17) is 10.5 Å². The van der Waals surface area contributed by atoms with Crippen LogP contribution in [0.3, 0.4) is 0 Å². The van der Waals surface area contributed by atoms with Crippen molar-refractivity contribution in [2.75, 3.05) is 50.7 Å². The number of thioether (sulfide) groups is 1. The molecule has 1 fully saturated rings. The Kier molecular flexibility index (Phi) is 5.78. The molecule has 0 radical (unpaired) electrons. The second kappa shape index (κ2) is 7.38. The Morgan fingerprint density at radius 1 is 1.52 bits per heavy atom. The Morgan fingerprint density at radius 3 is 2.76 bits per heavy atom. The minimum Gasteiger partial charge on any atom is -0.396 e. The molecule has 21 heavy (non-hydrogen) atoms. The lowest BCUT2D eigenvalue weighted by Crippen LogP contribution is -2.29. The average molecular weight is 329 g/mol. The summed E-state index contributed by atoms with van der Waals surface area (Å²) in [6, 6.07) is 0. The molecule has 118 valence electrons. The summed E-state index contributed by atoms with van der Waals surface area (Å²) in [6.45, 7) is 2.68. The molecule has 0 saturated carbocycles. The number of hydrogen-bond acceptors (Lipinski definition) is 6. The van der Waals surface area contributed by atoms with Crippen molar-refractivity contribution >= 4 is 39.7 Å². The van der Waals surface area contributed by atoms with Gasteiger partial charge >= 0.3 is 0 Å². The zero-order valence-electron chi connectivity index (χ0n) is 12.8. The summed E-state index contributed by atoms with van der Waals surface area (Å²) < 4.78 is 5.41. The van der Waals surface area contributed by atoms with Gasteiger partial charge in [0.25, 0.3) is 5.91 Å². The second-order valence-electron chi connectivity index (χ2n) is 5.20. The van der Waals surface area contributed by atoms with Crippen LogP contribution in [0.5, 0.6) is 0 Å². The molecule has 0 aromatic carbocycles. The maximum absolute atomic E-state index is 11.9. The van der Waals surface area contributed by atoms with Gasteiger partial charge in [-0.1, -0.05) is 0 Å². The molecule has 3 N–H and O–H groups in total. The highest BCUT2D eigenvalue weighted by molar-refractivity contribution is 7.99. The topological polar surface area (TPSA) is 67.6 Å². The van der Waals surface area contributed by atoms with Gasteiger partial charge in [0.1, 0.15) is 9.88 Å². The number of nitrogen functional groups attached to an aromatic ring is 1. The highest BCUT2D eigenvalue weighted by atomic mass is 32.2.